The standard InChI is InChI=1S/C8H7.C4H7NO2.CH3.Y/c1-6-3-2-4-7-5-8(6)7;1-3(6)4(7)5-2;;/h3-4H,5H2,1H3;1-2H3,(H,5,7);1H3;/q-1;;-1;. The average Bonchev–Trinajstić information content (AvgIpc) is 2.98. The van der Waals surface area contributed by atoms with Crippen LogP contribution in [0.15, 0.2) is 12.1 Å². The third kappa shape index (κ3) is 6.08. The number of carbonyl (C=O) groups excluding carboxylic acids is 2. The van der Waals surface area contributed by atoms with Gasteiger partial charge in [0.1, 0.15) is 0 Å². The van der Waals surface area contributed by atoms with Crippen LogP contribution >= 0.6 is 0 Å². The second kappa shape index (κ2) is 8.54. The van der Waals surface area contributed by atoms with Gasteiger partial charge in [0.15, 0.2) is 0 Å². The molecule has 91 valence electrons. The molecule has 2 rings (SSSR count). The molecule has 17 heavy (non-hydrogen) atoms. The van der Waals surface area contributed by atoms with E-state index < -0.39 is 11.7 Å². The van der Waals surface area contributed by atoms with E-state index in [1.807, 2.05) is 6.07 Å². The molecule has 1 aliphatic carbocycles. The second-order valence-corrected chi connectivity index (χ2v) is 3.45. The van der Waals surface area contributed by atoms with E-state index in [0.717, 1.165) is 0 Å². The fourth-order valence-corrected chi connectivity index (χ4v) is 1.21. The molecule has 0 aliphatic heterocycles. The molecule has 0 fully saturated rings. The summed E-state index contributed by atoms with van der Waals surface area (Å²) in [4.78, 5) is 20.0. The van der Waals surface area contributed by atoms with Gasteiger partial charge < -0.3 is 12.7 Å². The topological polar surface area (TPSA) is 46.2 Å². The van der Waals surface area contributed by atoms with Gasteiger partial charge in [0.05, 0.1) is 0 Å². The number of ketones is 1. The van der Waals surface area contributed by atoms with Gasteiger partial charge in [-0.05, 0) is 0 Å². The van der Waals surface area contributed by atoms with Crippen molar-refractivity contribution >= 4 is 11.7 Å². The SMILES string of the molecule is CNC(=O)C(C)=O.Cc1c[c-]cc2c1C2.[CH3-].[Y]. The minimum atomic E-state index is -0.542. The second-order valence-electron chi connectivity index (χ2n) is 3.45. The number of amides is 1. The minimum absolute atomic E-state index is 0. The summed E-state index contributed by atoms with van der Waals surface area (Å²) < 4.78 is 0. The van der Waals surface area contributed by atoms with Gasteiger partial charge in [0, 0.05) is 46.7 Å². The Kier molecular flexibility index (Phi) is 9.45. The molecule has 4 heteroatoms. The molecule has 1 N–H and O–H groups in total. The molecule has 0 bridgehead atoms. The number of likely N-dealkylation sites (N-methyl/N-ethyl adjacent to an activating group) is 1. The third-order valence-electron chi connectivity index (χ3n) is 2.21. The van der Waals surface area contributed by atoms with Crippen LogP contribution in [0.4, 0.5) is 0 Å². The number of rotatable bonds is 1. The number of aryl methyl sites for hydroxylation is 1. The maximum atomic E-state index is 10.1. The van der Waals surface area contributed by atoms with Crippen LogP contribution in [0.3, 0.4) is 0 Å². The van der Waals surface area contributed by atoms with Crippen LogP contribution in [-0.4, -0.2) is 18.7 Å². The Morgan fingerprint density at radius 1 is 1.35 bits per heavy atom. The van der Waals surface area contributed by atoms with E-state index >= 15 is 0 Å². The van der Waals surface area contributed by atoms with Crippen molar-refractivity contribution in [1.82, 2.24) is 5.32 Å². The summed E-state index contributed by atoms with van der Waals surface area (Å²) in [6, 6.07) is 7.20. The molecule has 1 aromatic carbocycles. The number of fused-ring (bicyclic) bond motifs is 1. The molecule has 0 saturated heterocycles. The van der Waals surface area contributed by atoms with E-state index in [1.54, 1.807) is 5.56 Å². The van der Waals surface area contributed by atoms with Crippen molar-refractivity contribution in [1.29, 1.82) is 0 Å². The largest absolute Gasteiger partial charge is 0.358 e. The smallest absolute Gasteiger partial charge is 0.286 e. The molecule has 1 aromatic rings. The van der Waals surface area contributed by atoms with Crippen LogP contribution in [0, 0.1) is 20.4 Å². The van der Waals surface area contributed by atoms with Crippen molar-refractivity contribution < 1.29 is 42.3 Å². The van der Waals surface area contributed by atoms with Crippen molar-refractivity contribution in [2.45, 2.75) is 20.3 Å². The maximum absolute atomic E-state index is 10.1. The van der Waals surface area contributed by atoms with E-state index in [-0.39, 0.29) is 40.1 Å². The molecule has 1 radical (unpaired) electrons. The van der Waals surface area contributed by atoms with Crippen LogP contribution in [0.2, 0.25) is 0 Å². The first-order chi connectivity index (χ1) is 7.06. The summed E-state index contributed by atoms with van der Waals surface area (Å²) in [7, 11) is 1.42. The number of hydrogen-bond donors (Lipinski definition) is 1. The normalized spacial score (nSPS) is 9.35. The number of carbonyl (C=O) groups is 2. The fraction of sp³-hybridized carbons (Fsp3) is 0.308. The third-order valence-corrected chi connectivity index (χ3v) is 2.21. The molecule has 0 unspecified atom stereocenters. The first-order valence-electron chi connectivity index (χ1n) is 4.77. The molecule has 3 nitrogen and oxygen atoms in total. The number of nitrogens with one attached hydrogen (secondary N) is 1. The predicted molar refractivity (Wildman–Crippen MR) is 64.0 cm³/mol. The predicted octanol–water partition coefficient (Wildman–Crippen LogP) is 1.47. The van der Waals surface area contributed by atoms with E-state index in [4.69, 9.17) is 0 Å². The summed E-state index contributed by atoms with van der Waals surface area (Å²) in [5.74, 6) is -0.998. The van der Waals surface area contributed by atoms with Crippen molar-refractivity contribution in [3.05, 3.63) is 42.3 Å². The van der Waals surface area contributed by atoms with Gasteiger partial charge in [-0.15, -0.1) is 0 Å². The quantitative estimate of drug-likeness (QED) is 0.640. The molecule has 0 spiro atoms. The molecular formula is C13H17NO2Y-2. The zero-order valence-corrected chi connectivity index (χ0v) is 13.6. The Morgan fingerprint density at radius 3 is 2.24 bits per heavy atom. The molecule has 0 saturated carbocycles. The summed E-state index contributed by atoms with van der Waals surface area (Å²) in [5.41, 5.74) is 4.44. The van der Waals surface area contributed by atoms with Gasteiger partial charge in [-0.3, -0.25) is 9.59 Å². The first-order valence-corrected chi connectivity index (χ1v) is 4.77. The van der Waals surface area contributed by atoms with E-state index in [0.29, 0.717) is 0 Å². The minimum Gasteiger partial charge on any atom is -0.358 e. The number of Topliss-reactive ketones (excluding diaryl/α,β-unsaturated/α-hetero) is 1. The molecule has 1 amide bonds. The molecular weight excluding hydrogens is 291 g/mol. The Hall–Kier alpha value is -0.536. The van der Waals surface area contributed by atoms with E-state index in [1.165, 1.54) is 31.5 Å². The van der Waals surface area contributed by atoms with E-state index in [2.05, 4.69) is 24.4 Å². The summed E-state index contributed by atoms with van der Waals surface area (Å²) >= 11 is 0. The Labute approximate surface area is 128 Å². The molecule has 0 atom stereocenters. The fourth-order valence-electron chi connectivity index (χ4n) is 1.21. The summed E-state index contributed by atoms with van der Waals surface area (Å²) in [5, 5.41) is 2.18. The van der Waals surface area contributed by atoms with E-state index in [9.17, 15) is 9.59 Å². The first kappa shape index (κ1) is 18.8. The van der Waals surface area contributed by atoms with Gasteiger partial charge in [-0.1, -0.05) is 13.3 Å². The van der Waals surface area contributed by atoms with Crippen molar-refractivity contribution in [2.75, 3.05) is 7.05 Å². The zero-order valence-electron chi connectivity index (χ0n) is 10.8. The van der Waals surface area contributed by atoms with Crippen molar-refractivity contribution in [3.63, 3.8) is 0 Å². The van der Waals surface area contributed by atoms with Crippen LogP contribution in [-0.2, 0) is 48.7 Å². The Morgan fingerprint density at radius 2 is 1.94 bits per heavy atom. The monoisotopic (exact) mass is 308 g/mol. The molecule has 1 aliphatic rings. The summed E-state index contributed by atoms with van der Waals surface area (Å²) in [6.07, 6.45) is 1.22. The Bertz CT molecular complexity index is 402. The van der Waals surface area contributed by atoms with Gasteiger partial charge >= 0.3 is 0 Å². The van der Waals surface area contributed by atoms with Crippen LogP contribution < -0.4 is 5.32 Å². The van der Waals surface area contributed by atoms with Gasteiger partial charge in [-0.25, -0.2) is 0 Å². The van der Waals surface area contributed by atoms with Crippen molar-refractivity contribution in [3.8, 4) is 0 Å². The summed E-state index contributed by atoms with van der Waals surface area (Å²) in [6.45, 7) is 3.36. The maximum Gasteiger partial charge on any atom is 0.286 e. The zero-order chi connectivity index (χ0) is 11.4. The van der Waals surface area contributed by atoms with Crippen molar-refractivity contribution in [2.24, 2.45) is 0 Å². The van der Waals surface area contributed by atoms with Crippen LogP contribution in [0.25, 0.3) is 0 Å². The van der Waals surface area contributed by atoms with Gasteiger partial charge in [0.25, 0.3) is 5.91 Å². The number of hydrogen-bond acceptors (Lipinski definition) is 2. The van der Waals surface area contributed by atoms with Crippen LogP contribution in [0.1, 0.15) is 23.6 Å². The van der Waals surface area contributed by atoms with Gasteiger partial charge in [-0.2, -0.15) is 34.9 Å². The molecule has 0 heterocycles. The molecule has 0 aromatic heterocycles. The Balaban J connectivity index is 0. The number of benzene rings is 1. The van der Waals surface area contributed by atoms with Crippen LogP contribution in [0.5, 0.6) is 0 Å². The van der Waals surface area contributed by atoms with Gasteiger partial charge in [0.2, 0.25) is 5.78 Å². The average molecular weight is 308 g/mol.